The van der Waals surface area contributed by atoms with E-state index in [0.717, 1.165) is 10.2 Å². The van der Waals surface area contributed by atoms with E-state index in [1.54, 1.807) is 0 Å². The van der Waals surface area contributed by atoms with Crippen molar-refractivity contribution < 1.29 is 10.0 Å². The van der Waals surface area contributed by atoms with Crippen LogP contribution in [0.4, 0.5) is 10.8 Å². The van der Waals surface area contributed by atoms with Gasteiger partial charge in [0.1, 0.15) is 5.75 Å². The minimum absolute atomic E-state index is 0.0829. The highest BCUT2D eigenvalue weighted by Crippen LogP contribution is 2.25. The number of phenols is 1. The summed E-state index contributed by atoms with van der Waals surface area (Å²) >= 11 is 1.44. The summed E-state index contributed by atoms with van der Waals surface area (Å²) < 4.78 is 1.03. The smallest absolute Gasteiger partial charge is 0.270 e. The van der Waals surface area contributed by atoms with E-state index in [1.807, 2.05) is 24.3 Å². The number of hydrogen-bond donors (Lipinski definition) is 2. The molecule has 0 spiro atoms. The van der Waals surface area contributed by atoms with Crippen molar-refractivity contribution >= 4 is 38.6 Å². The Hall–Kier alpha value is -3.00. The Labute approximate surface area is 128 Å². The Balaban J connectivity index is 1.79. The zero-order chi connectivity index (χ0) is 15.5. The summed E-state index contributed by atoms with van der Waals surface area (Å²) in [6.07, 6.45) is 1.31. The fourth-order valence-electron chi connectivity index (χ4n) is 1.84. The summed E-state index contributed by atoms with van der Waals surface area (Å²) in [5.41, 5.74) is 3.76. The Morgan fingerprint density at radius 1 is 1.32 bits per heavy atom. The second-order valence-electron chi connectivity index (χ2n) is 4.36. The van der Waals surface area contributed by atoms with Gasteiger partial charge in [0.2, 0.25) is 5.13 Å². The largest absolute Gasteiger partial charge is 0.507 e. The van der Waals surface area contributed by atoms with Gasteiger partial charge in [-0.15, -0.1) is 0 Å². The maximum absolute atomic E-state index is 10.7. The van der Waals surface area contributed by atoms with Gasteiger partial charge < -0.3 is 5.11 Å². The molecule has 0 saturated heterocycles. The molecular formula is C14H10N4O3S. The Bertz CT molecular complexity index is 842. The summed E-state index contributed by atoms with van der Waals surface area (Å²) in [6, 6.07) is 11.4. The summed E-state index contributed by atoms with van der Waals surface area (Å²) in [6.45, 7) is 0. The van der Waals surface area contributed by atoms with E-state index in [2.05, 4.69) is 15.5 Å². The van der Waals surface area contributed by atoms with Gasteiger partial charge in [-0.05, 0) is 18.2 Å². The van der Waals surface area contributed by atoms with E-state index in [0.29, 0.717) is 5.13 Å². The molecule has 3 rings (SSSR count). The van der Waals surface area contributed by atoms with Crippen LogP contribution in [0.15, 0.2) is 47.6 Å². The lowest BCUT2D eigenvalue weighted by molar-refractivity contribution is -0.384. The van der Waals surface area contributed by atoms with Crippen molar-refractivity contribution in [1.82, 2.24) is 4.98 Å². The summed E-state index contributed by atoms with van der Waals surface area (Å²) in [7, 11) is 0. The van der Waals surface area contributed by atoms with Crippen molar-refractivity contribution in [2.45, 2.75) is 0 Å². The molecule has 110 valence electrons. The van der Waals surface area contributed by atoms with Gasteiger partial charge >= 0.3 is 0 Å². The molecule has 1 heterocycles. The van der Waals surface area contributed by atoms with Crippen molar-refractivity contribution in [2.75, 3.05) is 5.43 Å². The van der Waals surface area contributed by atoms with Crippen LogP contribution in [0.2, 0.25) is 0 Å². The number of nitro groups is 1. The van der Waals surface area contributed by atoms with Crippen molar-refractivity contribution in [3.63, 3.8) is 0 Å². The molecular weight excluding hydrogens is 304 g/mol. The summed E-state index contributed by atoms with van der Waals surface area (Å²) in [5.74, 6) is -0.0829. The third kappa shape index (κ3) is 2.86. The van der Waals surface area contributed by atoms with Crippen LogP contribution >= 0.6 is 11.3 Å². The first kappa shape index (κ1) is 14.0. The number of nitro benzene ring substituents is 1. The number of non-ortho nitro benzene ring substituents is 1. The highest BCUT2D eigenvalue weighted by atomic mass is 32.1. The molecule has 0 aliphatic heterocycles. The molecule has 0 aliphatic carbocycles. The summed E-state index contributed by atoms with van der Waals surface area (Å²) in [5, 5.41) is 24.9. The number of rotatable bonds is 4. The molecule has 3 aromatic rings. The predicted octanol–water partition coefficient (Wildman–Crippen LogP) is 3.36. The van der Waals surface area contributed by atoms with Crippen molar-refractivity contribution in [1.29, 1.82) is 0 Å². The number of hydrogen-bond acceptors (Lipinski definition) is 7. The fraction of sp³-hybridized carbons (Fsp3) is 0. The number of fused-ring (bicyclic) bond motifs is 1. The molecule has 0 atom stereocenters. The number of hydrazone groups is 1. The molecule has 0 amide bonds. The van der Waals surface area contributed by atoms with E-state index in [-0.39, 0.29) is 17.0 Å². The Morgan fingerprint density at radius 2 is 2.14 bits per heavy atom. The lowest BCUT2D eigenvalue weighted by Crippen LogP contribution is -1.93. The lowest BCUT2D eigenvalue weighted by Gasteiger charge is -1.98. The molecule has 1 aromatic heterocycles. The Kier molecular flexibility index (Phi) is 3.67. The number of aromatic hydroxyl groups is 1. The van der Waals surface area contributed by atoms with E-state index in [4.69, 9.17) is 0 Å². The van der Waals surface area contributed by atoms with Gasteiger partial charge in [0.05, 0.1) is 21.4 Å². The number of aromatic nitrogens is 1. The molecule has 22 heavy (non-hydrogen) atoms. The van der Waals surface area contributed by atoms with Gasteiger partial charge in [0, 0.05) is 17.7 Å². The van der Waals surface area contributed by atoms with Gasteiger partial charge in [0.25, 0.3) is 5.69 Å². The molecule has 0 unspecified atom stereocenters. The van der Waals surface area contributed by atoms with Crippen molar-refractivity contribution in [3.8, 4) is 5.75 Å². The van der Waals surface area contributed by atoms with Crippen LogP contribution in [0.1, 0.15) is 5.56 Å². The molecule has 7 nitrogen and oxygen atoms in total. The topological polar surface area (TPSA) is 101 Å². The molecule has 2 N–H and O–H groups in total. The Morgan fingerprint density at radius 3 is 2.91 bits per heavy atom. The van der Waals surface area contributed by atoms with Crippen LogP contribution in [0.25, 0.3) is 10.2 Å². The molecule has 0 saturated carbocycles. The quantitative estimate of drug-likeness (QED) is 0.437. The molecule has 0 aliphatic rings. The van der Waals surface area contributed by atoms with Crippen LogP contribution in [0.3, 0.4) is 0 Å². The number of para-hydroxylation sites is 1. The first-order valence-electron chi connectivity index (χ1n) is 6.25. The normalized spacial score (nSPS) is 11.1. The molecule has 0 radical (unpaired) electrons. The maximum atomic E-state index is 10.7. The van der Waals surface area contributed by atoms with Gasteiger partial charge in [-0.3, -0.25) is 15.5 Å². The highest BCUT2D eigenvalue weighted by Gasteiger charge is 2.08. The van der Waals surface area contributed by atoms with Gasteiger partial charge in [-0.1, -0.05) is 23.5 Å². The van der Waals surface area contributed by atoms with Crippen molar-refractivity contribution in [3.05, 3.63) is 58.1 Å². The minimum atomic E-state index is -0.530. The molecule has 0 bridgehead atoms. The first-order chi connectivity index (χ1) is 10.6. The number of thiazole rings is 1. The van der Waals surface area contributed by atoms with E-state index < -0.39 is 4.92 Å². The van der Waals surface area contributed by atoms with Crippen LogP contribution < -0.4 is 5.43 Å². The maximum Gasteiger partial charge on any atom is 0.270 e. The molecule has 8 heteroatoms. The van der Waals surface area contributed by atoms with E-state index >= 15 is 0 Å². The third-order valence-electron chi connectivity index (χ3n) is 2.88. The lowest BCUT2D eigenvalue weighted by atomic mass is 10.2. The van der Waals surface area contributed by atoms with Gasteiger partial charge in [-0.25, -0.2) is 4.98 Å². The monoisotopic (exact) mass is 314 g/mol. The number of benzene rings is 2. The van der Waals surface area contributed by atoms with Crippen LogP contribution in [-0.4, -0.2) is 21.2 Å². The standard InChI is InChI=1S/C14H10N4O3S/c19-12-6-5-10(18(20)21)7-9(12)8-15-17-14-16-11-3-1-2-4-13(11)22-14/h1-8,19H,(H,16,17)/b15-8+. The molecule has 0 fully saturated rings. The van der Waals surface area contributed by atoms with E-state index in [9.17, 15) is 15.2 Å². The SMILES string of the molecule is O=[N+]([O-])c1ccc(O)c(/C=N/Nc2nc3ccccc3s2)c1. The van der Waals surface area contributed by atoms with Crippen LogP contribution in [-0.2, 0) is 0 Å². The predicted molar refractivity (Wildman–Crippen MR) is 85.6 cm³/mol. The fourth-order valence-corrected chi connectivity index (χ4v) is 2.65. The second kappa shape index (κ2) is 5.78. The number of nitrogens with zero attached hydrogens (tertiary/aromatic N) is 3. The van der Waals surface area contributed by atoms with Crippen LogP contribution in [0, 0.1) is 10.1 Å². The highest BCUT2D eigenvalue weighted by molar-refractivity contribution is 7.22. The third-order valence-corrected chi connectivity index (χ3v) is 3.82. The van der Waals surface area contributed by atoms with E-state index in [1.165, 1.54) is 35.8 Å². The van der Waals surface area contributed by atoms with Crippen molar-refractivity contribution in [2.24, 2.45) is 5.10 Å². The van der Waals surface area contributed by atoms with Gasteiger partial charge in [0.15, 0.2) is 0 Å². The average molecular weight is 314 g/mol. The zero-order valence-electron chi connectivity index (χ0n) is 11.1. The first-order valence-corrected chi connectivity index (χ1v) is 7.07. The molecule has 2 aromatic carbocycles. The van der Waals surface area contributed by atoms with Gasteiger partial charge in [-0.2, -0.15) is 5.10 Å². The second-order valence-corrected chi connectivity index (χ2v) is 5.39. The zero-order valence-corrected chi connectivity index (χ0v) is 11.9. The minimum Gasteiger partial charge on any atom is -0.507 e. The average Bonchev–Trinajstić information content (AvgIpc) is 2.91. The number of nitrogens with one attached hydrogen (secondary N) is 1. The number of phenolic OH excluding ortho intramolecular Hbond substituents is 1. The number of anilines is 1. The summed E-state index contributed by atoms with van der Waals surface area (Å²) in [4.78, 5) is 14.5. The van der Waals surface area contributed by atoms with Crippen LogP contribution in [0.5, 0.6) is 5.75 Å².